The minimum absolute atomic E-state index is 0.00350. The van der Waals surface area contributed by atoms with Crippen LogP contribution in [0.2, 0.25) is 5.02 Å². The van der Waals surface area contributed by atoms with Crippen LogP contribution >= 0.6 is 11.6 Å². The number of ether oxygens (including phenoxy) is 2. The molecule has 162 valence electrons. The maximum Gasteiger partial charge on any atom is 0.340 e. The highest BCUT2D eigenvalue weighted by atomic mass is 35.5. The Kier molecular flexibility index (Phi) is 6.67. The molecule has 3 aromatic rings. The number of benzene rings is 2. The first kappa shape index (κ1) is 22.4. The van der Waals surface area contributed by atoms with E-state index < -0.39 is 28.4 Å². The van der Waals surface area contributed by atoms with E-state index in [2.05, 4.69) is 4.98 Å². The van der Waals surface area contributed by atoms with Crippen molar-refractivity contribution in [1.82, 2.24) is 4.98 Å². The fourth-order valence-corrected chi connectivity index (χ4v) is 4.22. The molecule has 3 rings (SSSR count). The second-order valence-electron chi connectivity index (χ2n) is 6.37. The molecule has 0 amide bonds. The molecule has 0 unspecified atom stereocenters. The number of anilines is 1. The maximum absolute atomic E-state index is 13.1. The third kappa shape index (κ3) is 4.73. The van der Waals surface area contributed by atoms with E-state index >= 15 is 0 Å². The van der Waals surface area contributed by atoms with Gasteiger partial charge in [-0.15, -0.1) is 0 Å². The number of methoxy groups -OCH3 is 1. The number of carbonyl (C=O) groups is 2. The average molecular weight is 463 g/mol. The average Bonchev–Trinajstić information content (AvgIpc) is 3.32. The minimum Gasteiger partial charge on any atom is -0.495 e. The first-order chi connectivity index (χ1) is 14.8. The lowest BCUT2D eigenvalue weighted by atomic mass is 10.2. The van der Waals surface area contributed by atoms with Crippen LogP contribution in [-0.2, 0) is 14.8 Å². The molecule has 0 spiro atoms. The Morgan fingerprint density at radius 3 is 2.52 bits per heavy atom. The van der Waals surface area contributed by atoms with E-state index in [0.29, 0.717) is 11.4 Å². The zero-order chi connectivity index (χ0) is 22.6. The first-order valence-electron chi connectivity index (χ1n) is 9.01. The molecule has 0 aliphatic heterocycles. The number of sulfonamides is 1. The third-order valence-corrected chi connectivity index (χ3v) is 6.57. The van der Waals surface area contributed by atoms with Gasteiger partial charge < -0.3 is 14.5 Å². The maximum atomic E-state index is 13.1. The lowest BCUT2D eigenvalue weighted by Crippen LogP contribution is -2.27. The first-order valence-corrected chi connectivity index (χ1v) is 10.8. The molecule has 0 bridgehead atoms. The number of H-pyrrole nitrogens is 1. The van der Waals surface area contributed by atoms with Gasteiger partial charge in [-0.05, 0) is 42.5 Å². The fraction of sp³-hybridized carbons (Fsp3) is 0.143. The molecule has 0 atom stereocenters. The van der Waals surface area contributed by atoms with Crippen LogP contribution in [0.5, 0.6) is 5.75 Å². The Bertz CT molecular complexity index is 1210. The number of para-hydroxylation sites is 2. The van der Waals surface area contributed by atoms with Crippen LogP contribution in [0.4, 0.5) is 5.69 Å². The van der Waals surface area contributed by atoms with Crippen LogP contribution in [0.15, 0.2) is 65.7 Å². The topological polar surface area (TPSA) is 106 Å². The number of carbonyl (C=O) groups excluding carboxylic acids is 2. The van der Waals surface area contributed by atoms with Crippen LogP contribution in [0.1, 0.15) is 20.8 Å². The highest BCUT2D eigenvalue weighted by Gasteiger charge is 2.26. The monoisotopic (exact) mass is 462 g/mol. The Morgan fingerprint density at radius 2 is 1.84 bits per heavy atom. The SMILES string of the molecule is COc1ccccc1N(C)S(=O)(=O)c1ccc(Cl)c(C(=O)OCC(=O)c2ccc[nH]2)c1. The van der Waals surface area contributed by atoms with Crippen molar-refractivity contribution in [2.75, 3.05) is 25.1 Å². The molecule has 0 saturated carbocycles. The largest absolute Gasteiger partial charge is 0.495 e. The summed E-state index contributed by atoms with van der Waals surface area (Å²) in [5, 5.41) is -0.00350. The molecule has 10 heteroatoms. The number of nitrogens with one attached hydrogen (secondary N) is 1. The molecule has 0 radical (unpaired) electrons. The number of hydrogen-bond acceptors (Lipinski definition) is 6. The van der Waals surface area contributed by atoms with E-state index in [-0.39, 0.29) is 21.2 Å². The van der Waals surface area contributed by atoms with Gasteiger partial charge in [-0.2, -0.15) is 0 Å². The van der Waals surface area contributed by atoms with Gasteiger partial charge in [0.2, 0.25) is 5.78 Å². The number of nitrogens with zero attached hydrogens (tertiary/aromatic N) is 1. The zero-order valence-corrected chi connectivity index (χ0v) is 18.2. The lowest BCUT2D eigenvalue weighted by molar-refractivity contribution is 0.0473. The molecule has 1 aromatic heterocycles. The summed E-state index contributed by atoms with van der Waals surface area (Å²) in [6, 6.07) is 13.5. The van der Waals surface area contributed by atoms with Crippen molar-refractivity contribution in [3.05, 3.63) is 77.1 Å². The summed E-state index contributed by atoms with van der Waals surface area (Å²) in [6.07, 6.45) is 1.57. The van der Waals surface area contributed by atoms with Crippen molar-refractivity contribution in [2.45, 2.75) is 4.90 Å². The molecule has 0 aliphatic carbocycles. The van der Waals surface area contributed by atoms with E-state index in [0.717, 1.165) is 10.4 Å². The van der Waals surface area contributed by atoms with Crippen LogP contribution in [0.25, 0.3) is 0 Å². The van der Waals surface area contributed by atoms with Crippen molar-refractivity contribution in [1.29, 1.82) is 0 Å². The van der Waals surface area contributed by atoms with Crippen LogP contribution in [0.3, 0.4) is 0 Å². The highest BCUT2D eigenvalue weighted by Crippen LogP contribution is 2.32. The molecule has 2 aromatic carbocycles. The molecule has 0 saturated heterocycles. The summed E-state index contributed by atoms with van der Waals surface area (Å²) in [7, 11) is -1.24. The second kappa shape index (κ2) is 9.23. The van der Waals surface area contributed by atoms with Gasteiger partial charge in [0.15, 0.2) is 6.61 Å². The molecule has 1 heterocycles. The van der Waals surface area contributed by atoms with Gasteiger partial charge in [0.05, 0.1) is 34.0 Å². The highest BCUT2D eigenvalue weighted by molar-refractivity contribution is 7.92. The van der Waals surface area contributed by atoms with E-state index in [1.165, 1.54) is 26.3 Å². The number of hydrogen-bond donors (Lipinski definition) is 1. The van der Waals surface area contributed by atoms with E-state index in [9.17, 15) is 18.0 Å². The van der Waals surface area contributed by atoms with Gasteiger partial charge in [-0.1, -0.05) is 23.7 Å². The number of aromatic nitrogens is 1. The second-order valence-corrected chi connectivity index (χ2v) is 8.75. The summed E-state index contributed by atoms with van der Waals surface area (Å²) in [6.45, 7) is -0.520. The van der Waals surface area contributed by atoms with Gasteiger partial charge in [0.1, 0.15) is 5.75 Å². The Labute approximate surface area is 184 Å². The Hall–Kier alpha value is -3.30. The lowest BCUT2D eigenvalue weighted by Gasteiger charge is -2.22. The summed E-state index contributed by atoms with van der Waals surface area (Å²) in [5.74, 6) is -0.985. The van der Waals surface area contributed by atoms with Crippen molar-refractivity contribution < 1.29 is 27.5 Å². The van der Waals surface area contributed by atoms with Gasteiger partial charge in [-0.25, -0.2) is 13.2 Å². The third-order valence-electron chi connectivity index (χ3n) is 4.47. The van der Waals surface area contributed by atoms with Crippen molar-refractivity contribution >= 4 is 39.1 Å². The summed E-state index contributed by atoms with van der Waals surface area (Å²) in [5.41, 5.74) is 0.435. The number of esters is 1. The minimum atomic E-state index is -4.05. The summed E-state index contributed by atoms with van der Waals surface area (Å²) < 4.78 is 37.5. The van der Waals surface area contributed by atoms with E-state index in [1.54, 1.807) is 42.6 Å². The quantitative estimate of drug-likeness (QED) is 0.405. The standard InChI is InChI=1S/C21H19ClN2O6S/c1-24(18-7-3-4-8-20(18)29-2)31(27,28)14-9-10-16(22)15(12-14)21(26)30-13-19(25)17-6-5-11-23-17/h3-12,23H,13H2,1-2H3. The fourth-order valence-electron chi connectivity index (χ4n) is 2.79. The molecule has 31 heavy (non-hydrogen) atoms. The van der Waals surface area contributed by atoms with Gasteiger partial charge >= 0.3 is 5.97 Å². The number of ketones is 1. The number of aromatic amines is 1. The van der Waals surface area contributed by atoms with Crippen molar-refractivity contribution in [3.8, 4) is 5.75 Å². The summed E-state index contributed by atoms with van der Waals surface area (Å²) in [4.78, 5) is 27.0. The zero-order valence-electron chi connectivity index (χ0n) is 16.7. The molecule has 1 N–H and O–H groups in total. The van der Waals surface area contributed by atoms with Crippen LogP contribution in [0, 0.1) is 0 Å². The van der Waals surface area contributed by atoms with Crippen molar-refractivity contribution in [3.63, 3.8) is 0 Å². The molecular formula is C21H19ClN2O6S. The predicted molar refractivity (Wildman–Crippen MR) is 115 cm³/mol. The molecule has 0 aliphatic rings. The number of Topliss-reactive ketones (excluding diaryl/α,β-unsaturated/α-hetero) is 1. The predicted octanol–water partition coefficient (Wildman–Crippen LogP) is 3.54. The number of rotatable bonds is 8. The molecule has 0 fully saturated rings. The van der Waals surface area contributed by atoms with Crippen LogP contribution < -0.4 is 9.04 Å². The Balaban J connectivity index is 1.85. The number of halogens is 1. The van der Waals surface area contributed by atoms with Gasteiger partial charge in [0.25, 0.3) is 10.0 Å². The normalized spacial score (nSPS) is 11.1. The van der Waals surface area contributed by atoms with Crippen LogP contribution in [-0.4, -0.2) is 45.9 Å². The van der Waals surface area contributed by atoms with Crippen molar-refractivity contribution in [2.24, 2.45) is 0 Å². The van der Waals surface area contributed by atoms with E-state index in [4.69, 9.17) is 21.1 Å². The smallest absolute Gasteiger partial charge is 0.340 e. The molecular weight excluding hydrogens is 444 g/mol. The summed E-state index contributed by atoms with van der Waals surface area (Å²) >= 11 is 6.08. The Morgan fingerprint density at radius 1 is 1.10 bits per heavy atom. The van der Waals surface area contributed by atoms with Gasteiger partial charge in [0, 0.05) is 13.2 Å². The van der Waals surface area contributed by atoms with Gasteiger partial charge in [-0.3, -0.25) is 9.10 Å². The van der Waals surface area contributed by atoms with E-state index in [1.807, 2.05) is 0 Å². The molecule has 8 nitrogen and oxygen atoms in total.